The van der Waals surface area contributed by atoms with E-state index < -0.39 is 23.3 Å². The Morgan fingerprint density at radius 3 is 2.44 bits per heavy atom. The molecule has 0 bridgehead atoms. The highest BCUT2D eigenvalue weighted by Crippen LogP contribution is 2.45. The summed E-state index contributed by atoms with van der Waals surface area (Å²) in [5.41, 5.74) is 0.337. The molecule has 7 nitrogen and oxygen atoms in total. The number of nitrogens with one attached hydrogen (secondary N) is 2. The number of amides is 3. The molecule has 190 valence electrons. The molecule has 2 aliphatic heterocycles. The number of piperidine rings is 1. The predicted octanol–water partition coefficient (Wildman–Crippen LogP) is 4.52. The summed E-state index contributed by atoms with van der Waals surface area (Å²) < 4.78 is 40.3. The Hall–Kier alpha value is -3.74. The largest absolute Gasteiger partial charge is 0.417 e. The van der Waals surface area contributed by atoms with Gasteiger partial charge in [-0.05, 0) is 61.4 Å². The summed E-state index contributed by atoms with van der Waals surface area (Å²) in [6, 6.07) is 11.8. The number of nitrogens with zero attached hydrogens (tertiary/aromatic N) is 3. The molecule has 4 rings (SSSR count). The molecule has 2 heterocycles. The number of halogens is 3. The number of likely N-dealkylation sites (tertiary alicyclic amines) is 1. The average molecular weight is 500 g/mol. The van der Waals surface area contributed by atoms with Gasteiger partial charge in [0.25, 0.3) is 0 Å². The van der Waals surface area contributed by atoms with E-state index in [1.807, 2.05) is 30.0 Å². The Balaban J connectivity index is 1.50. The third-order valence-electron chi connectivity index (χ3n) is 7.32. The van der Waals surface area contributed by atoms with Gasteiger partial charge in [0, 0.05) is 38.1 Å². The molecular formula is C26H28F3N5O2. The number of urea groups is 1. The summed E-state index contributed by atoms with van der Waals surface area (Å²) >= 11 is 0. The van der Waals surface area contributed by atoms with E-state index in [2.05, 4.69) is 10.6 Å². The zero-order valence-electron chi connectivity index (χ0n) is 20.2. The molecule has 0 saturated carbocycles. The van der Waals surface area contributed by atoms with Crippen LogP contribution < -0.4 is 15.5 Å². The second kappa shape index (κ2) is 9.72. The molecule has 2 saturated heterocycles. The first kappa shape index (κ1) is 25.4. The van der Waals surface area contributed by atoms with Crippen molar-refractivity contribution in [3.63, 3.8) is 0 Å². The van der Waals surface area contributed by atoms with Gasteiger partial charge in [0.05, 0.1) is 17.2 Å². The Morgan fingerprint density at radius 2 is 1.83 bits per heavy atom. The standard InChI is InChI=1S/C26H28F3N5O2/c1-17-5-3-4-6-21(17)32-24(36)34-16-25(14-22(34)23(35)31-2)9-11-33(12-10-25)19-8-7-18(15-30)20(13-19)26(27,28)29/h3-8,13,22H,9-12,14,16H2,1-2H3,(H,31,35)(H,32,36). The molecule has 10 heteroatoms. The highest BCUT2D eigenvalue weighted by molar-refractivity contribution is 5.94. The van der Waals surface area contributed by atoms with Crippen LogP contribution in [0.4, 0.5) is 29.3 Å². The second-order valence-electron chi connectivity index (χ2n) is 9.53. The van der Waals surface area contributed by atoms with Crippen molar-refractivity contribution in [1.82, 2.24) is 10.2 Å². The van der Waals surface area contributed by atoms with Crippen molar-refractivity contribution >= 4 is 23.3 Å². The van der Waals surface area contributed by atoms with Gasteiger partial charge in [0.15, 0.2) is 0 Å². The number of alkyl halides is 3. The summed E-state index contributed by atoms with van der Waals surface area (Å²) in [6.45, 7) is 3.24. The number of hydrogen-bond donors (Lipinski definition) is 2. The molecule has 3 amide bonds. The number of para-hydroxylation sites is 1. The minimum Gasteiger partial charge on any atom is -0.371 e. The highest BCUT2D eigenvalue weighted by atomic mass is 19.4. The van der Waals surface area contributed by atoms with Crippen LogP contribution in [-0.2, 0) is 11.0 Å². The van der Waals surface area contributed by atoms with E-state index in [-0.39, 0.29) is 17.4 Å². The second-order valence-corrected chi connectivity index (χ2v) is 9.53. The van der Waals surface area contributed by atoms with Gasteiger partial charge in [0.2, 0.25) is 5.91 Å². The minimum absolute atomic E-state index is 0.240. The predicted molar refractivity (Wildman–Crippen MR) is 129 cm³/mol. The zero-order chi connectivity index (χ0) is 26.1. The molecule has 2 N–H and O–H groups in total. The topological polar surface area (TPSA) is 88.5 Å². The number of carbonyl (C=O) groups excluding carboxylic acids is 2. The van der Waals surface area contributed by atoms with Gasteiger partial charge in [-0.2, -0.15) is 18.4 Å². The van der Waals surface area contributed by atoms with Crippen molar-refractivity contribution in [3.8, 4) is 6.07 Å². The van der Waals surface area contributed by atoms with Crippen LogP contribution in [0, 0.1) is 23.7 Å². The lowest BCUT2D eigenvalue weighted by Crippen LogP contribution is -2.47. The van der Waals surface area contributed by atoms with Crippen molar-refractivity contribution in [2.75, 3.05) is 36.9 Å². The third-order valence-corrected chi connectivity index (χ3v) is 7.32. The van der Waals surface area contributed by atoms with Gasteiger partial charge < -0.3 is 20.4 Å². The quantitative estimate of drug-likeness (QED) is 0.650. The van der Waals surface area contributed by atoms with E-state index in [0.29, 0.717) is 50.3 Å². The van der Waals surface area contributed by atoms with E-state index >= 15 is 0 Å². The number of rotatable bonds is 3. The SMILES string of the molecule is CNC(=O)C1CC2(CCN(c3ccc(C#N)c(C(F)(F)F)c3)CC2)CN1C(=O)Nc1ccccc1C. The van der Waals surface area contributed by atoms with Crippen LogP contribution in [0.15, 0.2) is 42.5 Å². The molecule has 0 radical (unpaired) electrons. The molecular weight excluding hydrogens is 471 g/mol. The van der Waals surface area contributed by atoms with E-state index in [9.17, 15) is 22.8 Å². The highest BCUT2D eigenvalue weighted by Gasteiger charge is 2.49. The molecule has 1 unspecified atom stereocenters. The zero-order valence-corrected chi connectivity index (χ0v) is 20.2. The van der Waals surface area contributed by atoms with Crippen LogP contribution in [0.1, 0.15) is 36.0 Å². The Labute approximate surface area is 207 Å². The molecule has 2 aromatic rings. The smallest absolute Gasteiger partial charge is 0.371 e. The monoisotopic (exact) mass is 499 g/mol. The molecule has 0 aromatic heterocycles. The lowest BCUT2D eigenvalue weighted by molar-refractivity contribution is -0.137. The first-order chi connectivity index (χ1) is 17.1. The Bertz CT molecular complexity index is 1200. The maximum Gasteiger partial charge on any atom is 0.417 e. The van der Waals surface area contributed by atoms with Crippen molar-refractivity contribution < 1.29 is 22.8 Å². The summed E-state index contributed by atoms with van der Waals surface area (Å²) in [7, 11) is 1.54. The minimum atomic E-state index is -4.62. The van der Waals surface area contributed by atoms with E-state index in [0.717, 1.165) is 11.6 Å². The molecule has 2 aromatic carbocycles. The van der Waals surface area contributed by atoms with Crippen LogP contribution >= 0.6 is 0 Å². The molecule has 2 fully saturated rings. The number of hydrogen-bond acceptors (Lipinski definition) is 4. The van der Waals surface area contributed by atoms with E-state index in [1.165, 1.54) is 19.2 Å². The van der Waals surface area contributed by atoms with Crippen molar-refractivity contribution in [2.45, 2.75) is 38.4 Å². The number of anilines is 2. The normalized spacial score (nSPS) is 19.2. The van der Waals surface area contributed by atoms with Gasteiger partial charge in [-0.3, -0.25) is 4.79 Å². The number of benzene rings is 2. The first-order valence-corrected chi connectivity index (χ1v) is 11.8. The van der Waals surface area contributed by atoms with E-state index in [4.69, 9.17) is 5.26 Å². The Kier molecular flexibility index (Phi) is 6.85. The van der Waals surface area contributed by atoms with Gasteiger partial charge in [-0.25, -0.2) is 4.79 Å². The molecule has 36 heavy (non-hydrogen) atoms. The lowest BCUT2D eigenvalue weighted by Gasteiger charge is -2.40. The number of likely N-dealkylation sites (N-methyl/N-ethyl adjacent to an activating group) is 1. The van der Waals surface area contributed by atoms with Gasteiger partial charge in [-0.1, -0.05) is 18.2 Å². The molecule has 1 atom stereocenters. The first-order valence-electron chi connectivity index (χ1n) is 11.8. The fourth-order valence-corrected chi connectivity index (χ4v) is 5.23. The van der Waals surface area contributed by atoms with Crippen LogP contribution in [0.5, 0.6) is 0 Å². The summed E-state index contributed by atoms with van der Waals surface area (Å²) in [4.78, 5) is 29.3. The fourth-order valence-electron chi connectivity index (χ4n) is 5.23. The van der Waals surface area contributed by atoms with Crippen molar-refractivity contribution in [2.24, 2.45) is 5.41 Å². The van der Waals surface area contributed by atoms with Crippen molar-refractivity contribution in [3.05, 3.63) is 59.2 Å². The van der Waals surface area contributed by atoms with Gasteiger partial charge >= 0.3 is 12.2 Å². The fraction of sp³-hybridized carbons (Fsp3) is 0.423. The summed E-state index contributed by atoms with van der Waals surface area (Å²) in [5.74, 6) is -0.240. The van der Waals surface area contributed by atoms with Gasteiger partial charge in [-0.15, -0.1) is 0 Å². The average Bonchev–Trinajstić information content (AvgIpc) is 3.23. The Morgan fingerprint density at radius 1 is 1.14 bits per heavy atom. The van der Waals surface area contributed by atoms with E-state index in [1.54, 1.807) is 17.0 Å². The van der Waals surface area contributed by atoms with Crippen LogP contribution in [0.2, 0.25) is 0 Å². The summed E-state index contributed by atoms with van der Waals surface area (Å²) in [5, 5.41) is 14.6. The number of nitriles is 1. The van der Waals surface area contributed by atoms with Crippen LogP contribution in [0.3, 0.4) is 0 Å². The number of aryl methyl sites for hydroxylation is 1. The molecule has 2 aliphatic rings. The third kappa shape index (κ3) is 4.96. The van der Waals surface area contributed by atoms with Gasteiger partial charge in [0.1, 0.15) is 6.04 Å². The van der Waals surface area contributed by atoms with Crippen LogP contribution in [0.25, 0.3) is 0 Å². The van der Waals surface area contributed by atoms with Crippen molar-refractivity contribution in [1.29, 1.82) is 5.26 Å². The molecule has 0 aliphatic carbocycles. The summed E-state index contributed by atoms with van der Waals surface area (Å²) in [6.07, 6.45) is -2.88. The lowest BCUT2D eigenvalue weighted by atomic mass is 9.76. The molecule has 1 spiro atoms. The number of carbonyl (C=O) groups is 2. The maximum atomic E-state index is 13.4. The maximum absolute atomic E-state index is 13.4. The van der Waals surface area contributed by atoms with Crippen LogP contribution in [-0.4, -0.2) is 49.6 Å².